The minimum absolute atomic E-state index is 0.0320. The Morgan fingerprint density at radius 1 is 1.38 bits per heavy atom. The third-order valence-electron chi connectivity index (χ3n) is 6.09. The molecule has 0 saturated carbocycles. The van der Waals surface area contributed by atoms with E-state index in [9.17, 15) is 9.90 Å². The first-order valence-electron chi connectivity index (χ1n) is 9.23. The third kappa shape index (κ3) is 3.31. The number of rotatable bonds is 0. The molecule has 3 heterocycles. The maximum absolute atomic E-state index is 12.0. The Hall–Kier alpha value is -1.13. The molecule has 3 aliphatic heterocycles. The second-order valence-corrected chi connectivity index (χ2v) is 8.14. The molecule has 1 N–H and O–H groups in total. The molecule has 4 nitrogen and oxygen atoms in total. The molecule has 0 aliphatic carbocycles. The van der Waals surface area contributed by atoms with Gasteiger partial charge in [0.05, 0.1) is 17.8 Å². The second kappa shape index (κ2) is 6.64. The Kier molecular flexibility index (Phi) is 4.89. The van der Waals surface area contributed by atoms with Gasteiger partial charge in [-0.15, -0.1) is 0 Å². The molecular weight excluding hydrogens is 304 g/mol. The van der Waals surface area contributed by atoms with Crippen LogP contribution in [0.5, 0.6) is 0 Å². The highest BCUT2D eigenvalue weighted by atomic mass is 16.6. The van der Waals surface area contributed by atoms with E-state index in [0.717, 1.165) is 25.7 Å². The zero-order chi connectivity index (χ0) is 17.5. The van der Waals surface area contributed by atoms with Gasteiger partial charge in [-0.05, 0) is 58.3 Å². The van der Waals surface area contributed by atoms with Gasteiger partial charge in [0.2, 0.25) is 0 Å². The van der Waals surface area contributed by atoms with Gasteiger partial charge in [-0.25, -0.2) is 4.79 Å². The minimum Gasteiger partial charge on any atom is -0.456 e. The number of aliphatic hydroxyl groups is 1. The van der Waals surface area contributed by atoms with Gasteiger partial charge in [-0.1, -0.05) is 25.2 Å². The Morgan fingerprint density at radius 2 is 2.12 bits per heavy atom. The van der Waals surface area contributed by atoms with E-state index in [1.54, 1.807) is 0 Å². The molecule has 0 aromatic heterocycles. The molecule has 2 fully saturated rings. The number of ether oxygens (including phenoxy) is 2. The molecule has 4 heteroatoms. The van der Waals surface area contributed by atoms with Gasteiger partial charge in [0.1, 0.15) is 6.10 Å². The largest absolute Gasteiger partial charge is 0.456 e. The van der Waals surface area contributed by atoms with Crippen LogP contribution in [0.4, 0.5) is 0 Å². The van der Waals surface area contributed by atoms with Gasteiger partial charge in [0.25, 0.3) is 0 Å². The standard InChI is InChI=1S/C20H30O4/c1-12-7-5-9-13(2)17-18-15(14(3)19(21)24-18)11-16(23-17)20(4,22)10-6-8-12/h8,13,15-18,22H,3,5-7,9-11H2,1-2,4H3/b12-8-/t13-,15-,16-,17+,18+,20+/m0/s1. The third-order valence-corrected chi connectivity index (χ3v) is 6.09. The molecule has 0 amide bonds. The number of esters is 1. The van der Waals surface area contributed by atoms with E-state index >= 15 is 0 Å². The number of carbonyl (C=O) groups excluding carboxylic acids is 1. The van der Waals surface area contributed by atoms with E-state index in [1.807, 2.05) is 6.92 Å². The summed E-state index contributed by atoms with van der Waals surface area (Å²) >= 11 is 0. The second-order valence-electron chi connectivity index (χ2n) is 8.14. The van der Waals surface area contributed by atoms with Crippen molar-refractivity contribution in [1.29, 1.82) is 0 Å². The fraction of sp³-hybridized carbons (Fsp3) is 0.750. The smallest absolute Gasteiger partial charge is 0.334 e. The fourth-order valence-electron chi connectivity index (χ4n) is 4.36. The molecule has 0 aromatic rings. The highest BCUT2D eigenvalue weighted by Gasteiger charge is 2.53. The zero-order valence-electron chi connectivity index (χ0n) is 15.1. The zero-order valence-corrected chi connectivity index (χ0v) is 15.1. The van der Waals surface area contributed by atoms with Crippen molar-refractivity contribution in [2.45, 2.75) is 83.2 Å². The summed E-state index contributed by atoms with van der Waals surface area (Å²) in [6.07, 6.45) is 6.87. The van der Waals surface area contributed by atoms with Crippen LogP contribution >= 0.6 is 0 Å². The first-order valence-corrected chi connectivity index (χ1v) is 9.23. The van der Waals surface area contributed by atoms with E-state index in [2.05, 4.69) is 26.5 Å². The lowest BCUT2D eigenvalue weighted by molar-refractivity contribution is -0.208. The number of fused-ring (bicyclic) bond motifs is 4. The molecule has 0 aromatic carbocycles. The van der Waals surface area contributed by atoms with Crippen LogP contribution in [0.2, 0.25) is 0 Å². The summed E-state index contributed by atoms with van der Waals surface area (Å²) in [5.74, 6) is -0.0506. The Morgan fingerprint density at radius 3 is 2.88 bits per heavy atom. The number of hydrogen-bond donors (Lipinski definition) is 1. The Balaban J connectivity index is 1.90. The van der Waals surface area contributed by atoms with Crippen LogP contribution < -0.4 is 0 Å². The van der Waals surface area contributed by atoms with E-state index in [1.165, 1.54) is 5.57 Å². The number of carbonyl (C=O) groups is 1. The van der Waals surface area contributed by atoms with Crippen molar-refractivity contribution in [2.75, 3.05) is 0 Å². The fourth-order valence-corrected chi connectivity index (χ4v) is 4.36. The summed E-state index contributed by atoms with van der Waals surface area (Å²) in [5.41, 5.74) is 1.03. The van der Waals surface area contributed by atoms with Crippen LogP contribution in [0, 0.1) is 11.8 Å². The molecule has 0 spiro atoms. The van der Waals surface area contributed by atoms with Crippen LogP contribution in [-0.4, -0.2) is 35.0 Å². The average molecular weight is 334 g/mol. The van der Waals surface area contributed by atoms with Crippen molar-refractivity contribution >= 4 is 5.97 Å². The van der Waals surface area contributed by atoms with Gasteiger partial charge < -0.3 is 14.6 Å². The Bertz CT molecular complexity index is 548. The summed E-state index contributed by atoms with van der Waals surface area (Å²) in [6, 6.07) is 0. The first-order chi connectivity index (χ1) is 11.3. The quantitative estimate of drug-likeness (QED) is 0.418. The van der Waals surface area contributed by atoms with Crippen LogP contribution in [-0.2, 0) is 14.3 Å². The van der Waals surface area contributed by atoms with Crippen molar-refractivity contribution < 1.29 is 19.4 Å². The van der Waals surface area contributed by atoms with E-state index in [-0.39, 0.29) is 36.1 Å². The summed E-state index contributed by atoms with van der Waals surface area (Å²) < 4.78 is 11.9. The molecule has 3 rings (SSSR count). The molecule has 0 unspecified atom stereocenters. The summed E-state index contributed by atoms with van der Waals surface area (Å²) in [7, 11) is 0. The van der Waals surface area contributed by atoms with E-state index < -0.39 is 5.60 Å². The molecule has 24 heavy (non-hydrogen) atoms. The summed E-state index contributed by atoms with van der Waals surface area (Å²) in [4.78, 5) is 12.0. The molecular formula is C20H30O4. The lowest BCUT2D eigenvalue weighted by Gasteiger charge is -2.45. The van der Waals surface area contributed by atoms with Crippen molar-refractivity contribution in [3.63, 3.8) is 0 Å². The van der Waals surface area contributed by atoms with Gasteiger partial charge in [0.15, 0.2) is 0 Å². The predicted molar refractivity (Wildman–Crippen MR) is 92.4 cm³/mol. The Labute approximate surface area is 144 Å². The molecule has 6 atom stereocenters. The molecule has 0 radical (unpaired) electrons. The maximum Gasteiger partial charge on any atom is 0.334 e. The van der Waals surface area contributed by atoms with Crippen LogP contribution in [0.1, 0.15) is 59.3 Å². The van der Waals surface area contributed by atoms with Gasteiger partial charge in [-0.3, -0.25) is 0 Å². The number of hydrogen-bond acceptors (Lipinski definition) is 4. The monoisotopic (exact) mass is 334 g/mol. The summed E-state index contributed by atoms with van der Waals surface area (Å²) in [6.45, 7) is 10.1. The topological polar surface area (TPSA) is 55.8 Å². The van der Waals surface area contributed by atoms with E-state index in [0.29, 0.717) is 18.4 Å². The highest BCUT2D eigenvalue weighted by Crippen LogP contribution is 2.44. The van der Waals surface area contributed by atoms with Gasteiger partial charge in [-0.2, -0.15) is 0 Å². The SMILES string of the molecule is C=C1C(=O)O[C@H]2[C@@H]3O[C@@H](C[C@@H]12)[C@](C)(O)CC/C=C(/C)CCC[C@@H]3C. The average Bonchev–Trinajstić information content (AvgIpc) is 2.80. The van der Waals surface area contributed by atoms with E-state index in [4.69, 9.17) is 9.47 Å². The number of allylic oxidation sites excluding steroid dienone is 2. The maximum atomic E-state index is 12.0. The molecule has 3 aliphatic rings. The van der Waals surface area contributed by atoms with Crippen molar-refractivity contribution in [3.05, 3.63) is 23.8 Å². The lowest BCUT2D eigenvalue weighted by atomic mass is 9.76. The van der Waals surface area contributed by atoms with Gasteiger partial charge in [0, 0.05) is 11.5 Å². The van der Waals surface area contributed by atoms with Crippen molar-refractivity contribution in [1.82, 2.24) is 0 Å². The van der Waals surface area contributed by atoms with Crippen LogP contribution in [0.3, 0.4) is 0 Å². The van der Waals surface area contributed by atoms with Crippen molar-refractivity contribution in [3.8, 4) is 0 Å². The molecule has 2 bridgehead atoms. The summed E-state index contributed by atoms with van der Waals surface area (Å²) in [5, 5.41) is 11.0. The first kappa shape index (κ1) is 17.7. The predicted octanol–water partition coefficient (Wildman–Crippen LogP) is 3.54. The molecule has 134 valence electrons. The van der Waals surface area contributed by atoms with Crippen LogP contribution in [0.25, 0.3) is 0 Å². The van der Waals surface area contributed by atoms with Crippen LogP contribution in [0.15, 0.2) is 23.8 Å². The minimum atomic E-state index is -0.912. The normalized spacial score (nSPS) is 46.2. The van der Waals surface area contributed by atoms with Crippen molar-refractivity contribution in [2.24, 2.45) is 11.8 Å². The highest BCUT2D eigenvalue weighted by molar-refractivity contribution is 5.90. The van der Waals surface area contributed by atoms with Gasteiger partial charge >= 0.3 is 5.97 Å². The lowest BCUT2D eigenvalue weighted by Crippen LogP contribution is -2.54. The molecule has 2 saturated heterocycles.